The topological polar surface area (TPSA) is 269 Å². The fourth-order valence-electron chi connectivity index (χ4n) is 8.65. The molecule has 0 radical (unpaired) electrons. The lowest BCUT2D eigenvalue weighted by atomic mass is 9.86. The Bertz CT molecular complexity index is 2600. The number of benzene rings is 6. The predicted octanol–water partition coefficient (Wildman–Crippen LogP) is 19.1. The van der Waals surface area contributed by atoms with Crippen molar-refractivity contribution in [2.75, 3.05) is 69.1 Å². The molecule has 0 aliphatic heterocycles. The van der Waals surface area contributed by atoms with Crippen molar-refractivity contribution in [3.8, 4) is 11.1 Å². The molecule has 11 nitrogen and oxygen atoms in total. The zero-order valence-corrected chi connectivity index (χ0v) is 56.9. The first kappa shape index (κ1) is 96.4. The van der Waals surface area contributed by atoms with Crippen LogP contribution in [0.25, 0.3) is 22.8 Å². The van der Waals surface area contributed by atoms with Crippen molar-refractivity contribution in [3.63, 3.8) is 0 Å². The van der Waals surface area contributed by atoms with Gasteiger partial charge in [0.05, 0.1) is 6.61 Å². The number of rotatable bonds is 8. The summed E-state index contributed by atoms with van der Waals surface area (Å²) >= 11 is 1.68. The third kappa shape index (κ3) is 41.5. The molecule has 0 heterocycles. The van der Waals surface area contributed by atoms with Gasteiger partial charge in [-0.3, -0.25) is 0 Å². The Kier molecular flexibility index (Phi) is 59.3. The van der Waals surface area contributed by atoms with Gasteiger partial charge < -0.3 is 62.1 Å². The van der Waals surface area contributed by atoms with E-state index in [-0.39, 0.29) is 42.5 Å². The Labute approximate surface area is 565 Å². The molecule has 6 aromatic rings. The van der Waals surface area contributed by atoms with Crippen LogP contribution in [0.2, 0.25) is 0 Å². The average molecular weight is 1280 g/mol. The summed E-state index contributed by atoms with van der Waals surface area (Å²) in [6.07, 6.45) is 18.1. The van der Waals surface area contributed by atoms with Crippen LogP contribution in [0.3, 0.4) is 0 Å². The summed E-state index contributed by atoms with van der Waals surface area (Å²) in [5.74, 6) is 1.57. The average Bonchev–Trinajstić information content (AvgIpc) is 1.74. The van der Waals surface area contributed by atoms with Crippen molar-refractivity contribution in [2.24, 2.45) is 51.7 Å². The summed E-state index contributed by atoms with van der Waals surface area (Å²) in [6.45, 7) is 29.3. The maximum Gasteiger partial charge on any atom is 0.0584 e. The zero-order valence-electron chi connectivity index (χ0n) is 56.1. The van der Waals surface area contributed by atoms with Gasteiger partial charge in [-0.05, 0) is 187 Å². The molecule has 3 aliphatic rings. The van der Waals surface area contributed by atoms with Crippen LogP contribution < -0.4 is 57.3 Å². The summed E-state index contributed by atoms with van der Waals surface area (Å²) in [5, 5.41) is 0. The van der Waals surface area contributed by atoms with E-state index in [0.29, 0.717) is 30.7 Å². The fourth-order valence-corrected chi connectivity index (χ4v) is 9.21. The van der Waals surface area contributed by atoms with E-state index in [2.05, 4.69) is 166 Å². The molecule has 6 aromatic carbocycles. The van der Waals surface area contributed by atoms with Crippen molar-refractivity contribution in [3.05, 3.63) is 173 Å². The first-order chi connectivity index (χ1) is 40.9. The monoisotopic (exact) mass is 1280 g/mol. The number of thioether (sulfide) groups is 1. The minimum Gasteiger partial charge on any atom is -0.399 e. The molecular formula is C79H142N10OS. The zero-order chi connectivity index (χ0) is 65.1. The number of ether oxygens (including phenoxy) is 1. The molecule has 0 bridgehead atoms. The molecule has 2 fully saturated rings. The number of nitrogens with two attached hydrogens (primary N) is 10. The molecule has 0 amide bonds. The van der Waals surface area contributed by atoms with Crippen LogP contribution >= 0.6 is 11.8 Å². The third-order valence-corrected chi connectivity index (χ3v) is 15.4. The Morgan fingerprint density at radius 1 is 0.516 bits per heavy atom. The molecule has 0 aromatic heterocycles. The van der Waals surface area contributed by atoms with Crippen LogP contribution in [0.5, 0.6) is 0 Å². The second-order valence-electron chi connectivity index (χ2n) is 24.4. The van der Waals surface area contributed by atoms with Gasteiger partial charge >= 0.3 is 0 Å². The number of nitrogen functional groups attached to an aromatic ring is 4. The summed E-state index contributed by atoms with van der Waals surface area (Å²) < 4.78 is 4.57. The molecule has 4 atom stereocenters. The maximum absolute atomic E-state index is 6.02. The van der Waals surface area contributed by atoms with E-state index in [4.69, 9.17) is 57.3 Å². The molecule has 9 rings (SSSR count). The minimum absolute atomic E-state index is 0. The highest BCUT2D eigenvalue weighted by Crippen LogP contribution is 2.45. The summed E-state index contributed by atoms with van der Waals surface area (Å²) in [7, 11) is 1.63. The van der Waals surface area contributed by atoms with Crippen LogP contribution in [-0.2, 0) is 16.6 Å². The quantitative estimate of drug-likeness (QED) is 0.0503. The number of hydrogen-bond donors (Lipinski definition) is 10. The molecule has 520 valence electrons. The van der Waals surface area contributed by atoms with Gasteiger partial charge in [0.1, 0.15) is 0 Å². The summed E-state index contributed by atoms with van der Waals surface area (Å²) in [4.78, 5) is 1.12. The van der Waals surface area contributed by atoms with Gasteiger partial charge in [-0.25, -0.2) is 0 Å². The van der Waals surface area contributed by atoms with Crippen molar-refractivity contribution in [1.82, 2.24) is 0 Å². The molecule has 0 saturated heterocycles. The second-order valence-corrected chi connectivity index (χ2v) is 25.2. The lowest BCUT2D eigenvalue weighted by molar-refractivity contribution is 0.207. The van der Waals surface area contributed by atoms with E-state index in [1.807, 2.05) is 73.7 Å². The first-order valence-electron chi connectivity index (χ1n) is 31.5. The van der Waals surface area contributed by atoms with Crippen molar-refractivity contribution >= 4 is 46.2 Å². The highest BCUT2D eigenvalue weighted by atomic mass is 32.2. The largest absolute Gasteiger partial charge is 0.399 e. The molecule has 91 heavy (non-hydrogen) atoms. The van der Waals surface area contributed by atoms with Crippen molar-refractivity contribution in [2.45, 2.75) is 213 Å². The number of aryl methyl sites for hydroxylation is 2. The summed E-state index contributed by atoms with van der Waals surface area (Å²) in [6, 6.07) is 48.2. The lowest BCUT2D eigenvalue weighted by Crippen LogP contribution is -2.30. The Morgan fingerprint density at radius 3 is 1.23 bits per heavy atom. The van der Waals surface area contributed by atoms with Gasteiger partial charge in [0.25, 0.3) is 0 Å². The van der Waals surface area contributed by atoms with E-state index < -0.39 is 0 Å². The normalized spacial score (nSPS) is 14.9. The van der Waals surface area contributed by atoms with E-state index in [1.165, 1.54) is 102 Å². The van der Waals surface area contributed by atoms with Gasteiger partial charge in [-0.2, -0.15) is 0 Å². The number of unbranched alkanes of at least 4 members (excludes halogenated alkanes) is 1. The maximum atomic E-state index is 6.02. The van der Waals surface area contributed by atoms with Crippen LogP contribution in [0.15, 0.2) is 144 Å². The molecule has 4 unspecified atom stereocenters. The van der Waals surface area contributed by atoms with Gasteiger partial charge in [-0.15, -0.1) is 11.8 Å². The fraction of sp³-hybridized carbons (Fsp3) is 0.519. The molecule has 0 spiro atoms. The molecule has 3 aliphatic carbocycles. The summed E-state index contributed by atoms with van der Waals surface area (Å²) in [5.41, 5.74) is 70.2. The van der Waals surface area contributed by atoms with E-state index in [0.717, 1.165) is 77.5 Å². The number of fused-ring (bicyclic) bond motifs is 3. The molecular weight excluding hydrogens is 1140 g/mol. The number of hydrogen-bond acceptors (Lipinski definition) is 12. The van der Waals surface area contributed by atoms with E-state index in [9.17, 15) is 0 Å². The predicted molar refractivity (Wildman–Crippen MR) is 420 cm³/mol. The van der Waals surface area contributed by atoms with Gasteiger partial charge in [-0.1, -0.05) is 248 Å². The standard InChI is InChI=1S/C21H17NS.C10H15N.C8H11N.C7H15N.C7H9N.C6H13N.C5H13N.C4H11N.C3H9NO.C3H9N.5CH4/c1-23-21-13-14(10-11-20(21)22)12-19-17-8-4-2-6-15(17)16-7-3-5-9-18(16)19;1-10(2,3)8-6-4-5-7-9(8)11;1-2-7-5-3-4-6-8(7)9;2*1-6-4-2-3-5-7(6)8;1-5-3-2-4-6(5)7;1-5(2,3)4-6;1-2-3-4-5;1-5-3-2-4;1-2-3-4;;;;;/h2-13H,22H2,1H3;4-7H,11H2,1-3H3;3-6H,2,9H2,1H3;6-7H,2-5,8H2,1H3;2-5H,8H2,1H3;5-6H,2-4,7H2,1H3;4,6H2,1-3H3;2-5H2,1H3;2-4H2,1H3;2-4H2,1H3;5*1H4. The Balaban J connectivity index is -0.000000232. The number of para-hydroxylation sites is 3. The lowest BCUT2D eigenvalue weighted by Gasteiger charge is -2.24. The Hall–Kier alpha value is -5.67. The van der Waals surface area contributed by atoms with Crippen LogP contribution in [0, 0.1) is 24.2 Å². The van der Waals surface area contributed by atoms with Crippen LogP contribution in [0.4, 0.5) is 22.7 Å². The van der Waals surface area contributed by atoms with Crippen LogP contribution in [-0.4, -0.2) is 58.2 Å². The van der Waals surface area contributed by atoms with Gasteiger partial charge in [0.15, 0.2) is 0 Å². The smallest absolute Gasteiger partial charge is 0.0584 e. The van der Waals surface area contributed by atoms with E-state index >= 15 is 0 Å². The third-order valence-electron chi connectivity index (χ3n) is 14.6. The number of methoxy groups -OCH3 is 1. The first-order valence-corrected chi connectivity index (χ1v) is 32.7. The van der Waals surface area contributed by atoms with Gasteiger partial charge in [0, 0.05) is 53.4 Å². The van der Waals surface area contributed by atoms with Gasteiger partial charge in [0.2, 0.25) is 0 Å². The van der Waals surface area contributed by atoms with Crippen LogP contribution in [0.1, 0.15) is 211 Å². The molecule has 20 N–H and O–H groups in total. The highest BCUT2D eigenvalue weighted by Gasteiger charge is 2.23. The van der Waals surface area contributed by atoms with Crippen molar-refractivity contribution in [1.29, 1.82) is 0 Å². The van der Waals surface area contributed by atoms with Crippen molar-refractivity contribution < 1.29 is 4.74 Å². The minimum atomic E-state index is 0. The SMILES string of the molecule is C.C.C.C.C.CC(C)(C)CN.CC(C)(C)c1ccccc1N.CC1CCCC1N.CC1CCCCC1N.CCCCN.CCCN.CCc1ccccc1N.COCCN.CSc1cc(C=C2c3ccccc3-c3ccccc32)ccc1N.Cc1ccccc1N. The number of anilines is 4. The Morgan fingerprint density at radius 2 is 0.945 bits per heavy atom. The molecule has 12 heteroatoms. The highest BCUT2D eigenvalue weighted by molar-refractivity contribution is 7.98. The second kappa shape index (κ2) is 55.9. The van der Waals surface area contributed by atoms with E-state index in [1.54, 1.807) is 18.9 Å². The molecule has 2 saturated carbocycles.